The van der Waals surface area contributed by atoms with Crippen molar-refractivity contribution >= 4 is 21.6 Å². The molecule has 1 aromatic carbocycles. The van der Waals surface area contributed by atoms with Crippen LogP contribution < -0.4 is 10.0 Å². The molecule has 0 unspecified atom stereocenters. The maximum atomic E-state index is 14.8. The van der Waals surface area contributed by atoms with Crippen LogP contribution in [0.3, 0.4) is 0 Å². The summed E-state index contributed by atoms with van der Waals surface area (Å²) in [5.41, 5.74) is -2.14. The van der Waals surface area contributed by atoms with Crippen LogP contribution in [-0.2, 0) is 21.8 Å². The molecule has 0 spiro atoms. The van der Waals surface area contributed by atoms with E-state index in [0.29, 0.717) is 0 Å². The highest BCUT2D eigenvalue weighted by molar-refractivity contribution is 7.89. The summed E-state index contributed by atoms with van der Waals surface area (Å²) >= 11 is 0. The van der Waals surface area contributed by atoms with E-state index in [1.807, 2.05) is 0 Å². The molecule has 1 saturated heterocycles. The Kier molecular flexibility index (Phi) is 5.02. The molecule has 1 amide bonds. The number of aryl methyl sites for hydroxylation is 1. The Morgan fingerprint density at radius 3 is 2.43 bits per heavy atom. The molecule has 3 rings (SSSR count). The lowest BCUT2D eigenvalue weighted by Crippen LogP contribution is -2.59. The number of benzene rings is 1. The lowest BCUT2D eigenvalue weighted by molar-refractivity contribution is -0.0523. The molecule has 11 heteroatoms. The van der Waals surface area contributed by atoms with Gasteiger partial charge in [0.2, 0.25) is 10.0 Å². The van der Waals surface area contributed by atoms with E-state index < -0.39 is 49.5 Å². The summed E-state index contributed by atoms with van der Waals surface area (Å²) in [5.74, 6) is -4.16. The molecule has 0 bridgehead atoms. The smallest absolute Gasteiger partial charge is 0.275 e. The second kappa shape index (κ2) is 6.90. The maximum Gasteiger partial charge on any atom is 0.275 e. The summed E-state index contributed by atoms with van der Waals surface area (Å²) < 4.78 is 75.5. The largest absolute Gasteiger partial charge is 0.377 e. The first-order valence-electron chi connectivity index (χ1n) is 8.18. The number of anilines is 1. The zero-order valence-corrected chi connectivity index (χ0v) is 16.1. The number of sulfonamides is 1. The number of rotatable bonds is 5. The summed E-state index contributed by atoms with van der Waals surface area (Å²) in [6.07, 6.45) is 0.946. The first-order valence-corrected chi connectivity index (χ1v) is 9.66. The third kappa shape index (κ3) is 3.52. The molecule has 0 atom stereocenters. The first-order chi connectivity index (χ1) is 12.9. The number of carbonyl (C=O) groups is 1. The topological polar surface area (TPSA) is 89.4 Å². The van der Waals surface area contributed by atoms with Gasteiger partial charge >= 0.3 is 0 Å². The Balaban J connectivity index is 1.91. The number of nitrogens with zero attached hydrogens (tertiary/aromatic N) is 1. The van der Waals surface area contributed by atoms with E-state index >= 15 is 0 Å². The fourth-order valence-corrected chi connectivity index (χ4v) is 4.31. The van der Waals surface area contributed by atoms with Gasteiger partial charge < -0.3 is 14.6 Å². The molecule has 7 nitrogen and oxygen atoms in total. The summed E-state index contributed by atoms with van der Waals surface area (Å²) in [5, 5.41) is 2.13. The van der Waals surface area contributed by atoms with Crippen molar-refractivity contribution in [3.05, 3.63) is 47.0 Å². The monoisotopic (exact) mass is 417 g/mol. The van der Waals surface area contributed by atoms with E-state index in [0.717, 1.165) is 22.9 Å². The molecule has 28 heavy (non-hydrogen) atoms. The van der Waals surface area contributed by atoms with Crippen LogP contribution in [0.2, 0.25) is 0 Å². The number of carbonyl (C=O) groups excluding carboxylic acids is 1. The van der Waals surface area contributed by atoms with Crippen LogP contribution in [0.5, 0.6) is 0 Å². The molecular weight excluding hydrogens is 399 g/mol. The number of hydrogen-bond donors (Lipinski definition) is 2. The zero-order valence-electron chi connectivity index (χ0n) is 15.3. The van der Waals surface area contributed by atoms with Gasteiger partial charge in [-0.15, -0.1) is 0 Å². The van der Waals surface area contributed by atoms with Crippen molar-refractivity contribution in [3.63, 3.8) is 0 Å². The van der Waals surface area contributed by atoms with Crippen molar-refractivity contribution in [1.82, 2.24) is 9.29 Å². The van der Waals surface area contributed by atoms with E-state index in [4.69, 9.17) is 4.74 Å². The summed E-state index contributed by atoms with van der Waals surface area (Å²) in [7, 11) is -2.99. The lowest BCUT2D eigenvalue weighted by Gasteiger charge is -2.38. The molecule has 0 saturated carbocycles. The fraction of sp³-hybridized carbons (Fsp3) is 0.353. The third-order valence-corrected chi connectivity index (χ3v) is 6.01. The van der Waals surface area contributed by atoms with Crippen molar-refractivity contribution in [2.24, 2.45) is 7.05 Å². The van der Waals surface area contributed by atoms with Crippen LogP contribution in [-0.4, -0.2) is 37.6 Å². The molecule has 1 fully saturated rings. The van der Waals surface area contributed by atoms with Gasteiger partial charge in [-0.05, 0) is 26.0 Å². The number of halogens is 3. The molecule has 1 aromatic heterocycles. The molecule has 1 aliphatic rings. The Hall–Kier alpha value is -2.37. The SMILES string of the molecule is Cc1c(F)ccc(NC(=O)c2c(F)c(S(=O)(=O)NC3(C)COC3)cn2C)c1F. The van der Waals surface area contributed by atoms with Gasteiger partial charge in [-0.2, -0.15) is 0 Å². The third-order valence-electron chi connectivity index (χ3n) is 4.38. The van der Waals surface area contributed by atoms with Crippen molar-refractivity contribution in [1.29, 1.82) is 0 Å². The second-order valence-corrected chi connectivity index (χ2v) is 8.56. The molecule has 2 heterocycles. The number of hydrogen-bond acceptors (Lipinski definition) is 4. The normalized spacial score (nSPS) is 15.9. The van der Waals surface area contributed by atoms with Gasteiger partial charge in [-0.1, -0.05) is 0 Å². The van der Waals surface area contributed by atoms with Crippen LogP contribution in [0.25, 0.3) is 0 Å². The summed E-state index contributed by atoms with van der Waals surface area (Å²) in [6.45, 7) is 3.06. The Morgan fingerprint density at radius 1 is 1.21 bits per heavy atom. The molecule has 0 aliphatic carbocycles. The molecule has 2 aromatic rings. The van der Waals surface area contributed by atoms with Gasteiger partial charge in [0.15, 0.2) is 11.6 Å². The predicted octanol–water partition coefficient (Wildman–Crippen LogP) is 2.07. The number of aromatic nitrogens is 1. The van der Waals surface area contributed by atoms with Crippen LogP contribution in [0.4, 0.5) is 18.9 Å². The van der Waals surface area contributed by atoms with E-state index in [1.54, 1.807) is 6.92 Å². The van der Waals surface area contributed by atoms with Crippen LogP contribution in [0.1, 0.15) is 23.0 Å². The minimum atomic E-state index is -4.27. The standard InChI is InChI=1S/C17H18F3N3O4S/c1-9-10(18)4-5-11(13(9)19)21-16(24)15-14(20)12(6-23(15)3)28(25,26)22-17(2)7-27-8-17/h4-6,22H,7-8H2,1-3H3,(H,21,24). The quantitative estimate of drug-likeness (QED) is 0.780. The van der Waals surface area contributed by atoms with E-state index in [9.17, 15) is 26.4 Å². The summed E-state index contributed by atoms with van der Waals surface area (Å²) in [6, 6.07) is 1.95. The Bertz CT molecular complexity index is 1060. The molecule has 1 aliphatic heterocycles. The molecule has 152 valence electrons. The fourth-order valence-electron chi connectivity index (χ4n) is 2.80. The van der Waals surface area contributed by atoms with Gasteiger partial charge in [0.25, 0.3) is 5.91 Å². The number of amides is 1. The van der Waals surface area contributed by atoms with E-state index in [2.05, 4.69) is 10.0 Å². The molecule has 2 N–H and O–H groups in total. The highest BCUT2D eigenvalue weighted by Gasteiger charge is 2.40. The van der Waals surface area contributed by atoms with Gasteiger partial charge in [0, 0.05) is 18.8 Å². The van der Waals surface area contributed by atoms with Crippen molar-refractivity contribution in [2.75, 3.05) is 18.5 Å². The van der Waals surface area contributed by atoms with Crippen LogP contribution in [0, 0.1) is 24.4 Å². The zero-order chi connectivity index (χ0) is 20.9. The van der Waals surface area contributed by atoms with Gasteiger partial charge in [0.05, 0.1) is 24.4 Å². The maximum absolute atomic E-state index is 14.8. The summed E-state index contributed by atoms with van der Waals surface area (Å²) in [4.78, 5) is 11.7. The minimum Gasteiger partial charge on any atom is -0.377 e. The average molecular weight is 417 g/mol. The average Bonchev–Trinajstić information content (AvgIpc) is 2.89. The number of nitrogens with one attached hydrogen (secondary N) is 2. The molecule has 0 radical (unpaired) electrons. The van der Waals surface area contributed by atoms with Crippen molar-refractivity contribution in [3.8, 4) is 0 Å². The van der Waals surface area contributed by atoms with Gasteiger partial charge in [-0.25, -0.2) is 26.3 Å². The number of ether oxygens (including phenoxy) is 1. The van der Waals surface area contributed by atoms with Gasteiger partial charge in [0.1, 0.15) is 16.4 Å². The van der Waals surface area contributed by atoms with E-state index in [1.165, 1.54) is 14.0 Å². The first kappa shape index (κ1) is 20.4. The molecular formula is C17H18F3N3O4S. The van der Waals surface area contributed by atoms with Crippen molar-refractivity contribution in [2.45, 2.75) is 24.3 Å². The lowest BCUT2D eigenvalue weighted by atomic mass is 10.0. The van der Waals surface area contributed by atoms with E-state index in [-0.39, 0.29) is 24.5 Å². The minimum absolute atomic E-state index is 0.136. The Morgan fingerprint density at radius 2 is 1.86 bits per heavy atom. The van der Waals surface area contributed by atoms with Crippen LogP contribution in [0.15, 0.2) is 23.2 Å². The highest BCUT2D eigenvalue weighted by Crippen LogP contribution is 2.26. The second-order valence-electron chi connectivity index (χ2n) is 6.91. The van der Waals surface area contributed by atoms with Gasteiger partial charge in [-0.3, -0.25) is 4.79 Å². The Labute approximate surface area is 159 Å². The van der Waals surface area contributed by atoms with Crippen LogP contribution >= 0.6 is 0 Å². The predicted molar refractivity (Wildman–Crippen MR) is 94.0 cm³/mol. The van der Waals surface area contributed by atoms with Crippen molar-refractivity contribution < 1.29 is 31.1 Å². The highest BCUT2D eigenvalue weighted by atomic mass is 32.2.